The number of rotatable bonds is 2. The van der Waals surface area contributed by atoms with Gasteiger partial charge in [0, 0.05) is 5.69 Å². The van der Waals surface area contributed by atoms with Gasteiger partial charge in [0.05, 0.1) is 17.8 Å². The molecule has 1 N–H and O–H groups in total. The molecule has 2 rings (SSSR count). The zero-order chi connectivity index (χ0) is 12.3. The number of benzene rings is 1. The molecule has 0 spiro atoms. The van der Waals surface area contributed by atoms with Crippen molar-refractivity contribution in [1.29, 1.82) is 5.26 Å². The van der Waals surface area contributed by atoms with Crippen LogP contribution in [0.2, 0.25) is 10.3 Å². The molecule has 0 amide bonds. The summed E-state index contributed by atoms with van der Waals surface area (Å²) in [6, 6.07) is 9.00. The predicted molar refractivity (Wildman–Crippen MR) is 66.5 cm³/mol. The number of hydrogen-bond donors (Lipinski definition) is 1. The number of hydrogen-bond acceptors (Lipinski definition) is 4. The summed E-state index contributed by atoms with van der Waals surface area (Å²) in [4.78, 5) is 7.70. The summed E-state index contributed by atoms with van der Waals surface area (Å²) in [6.45, 7) is 0. The Bertz CT molecular complexity index is 592. The highest BCUT2D eigenvalue weighted by Crippen LogP contribution is 2.23. The molecule has 0 atom stereocenters. The zero-order valence-electron chi connectivity index (χ0n) is 8.48. The number of nitrogens with zero attached hydrogens (tertiary/aromatic N) is 3. The fourth-order valence-corrected chi connectivity index (χ4v) is 1.51. The molecule has 6 heteroatoms. The van der Waals surface area contributed by atoms with Gasteiger partial charge in [-0.05, 0) is 29.8 Å². The number of nitrogens with one attached hydrogen (secondary N) is 1. The summed E-state index contributed by atoms with van der Waals surface area (Å²) in [7, 11) is 0. The van der Waals surface area contributed by atoms with Gasteiger partial charge in [-0.25, -0.2) is 4.98 Å². The molecule has 0 aliphatic heterocycles. The third kappa shape index (κ3) is 2.84. The number of aromatic nitrogens is 2. The van der Waals surface area contributed by atoms with E-state index >= 15 is 0 Å². The molecule has 0 aliphatic carbocycles. The quantitative estimate of drug-likeness (QED) is 0.845. The fraction of sp³-hybridized carbons (Fsp3) is 0. The van der Waals surface area contributed by atoms with Gasteiger partial charge in [0.25, 0.3) is 0 Å². The van der Waals surface area contributed by atoms with Gasteiger partial charge in [-0.1, -0.05) is 17.7 Å². The van der Waals surface area contributed by atoms with E-state index < -0.39 is 0 Å². The predicted octanol–water partition coefficient (Wildman–Crippen LogP) is 3.40. The van der Waals surface area contributed by atoms with Gasteiger partial charge in [-0.2, -0.15) is 10.2 Å². The Kier molecular flexibility index (Phi) is 3.43. The lowest BCUT2D eigenvalue weighted by molar-refractivity contribution is 1.17. The first-order chi connectivity index (χ1) is 8.19. The molecule has 0 radical (unpaired) electrons. The van der Waals surface area contributed by atoms with Crippen molar-refractivity contribution in [3.05, 3.63) is 46.3 Å². The summed E-state index contributed by atoms with van der Waals surface area (Å²) < 4.78 is 0. The first kappa shape index (κ1) is 11.6. The van der Waals surface area contributed by atoms with Crippen LogP contribution in [-0.2, 0) is 0 Å². The molecule has 2 aromatic rings. The lowest BCUT2D eigenvalue weighted by Crippen LogP contribution is -1.96. The van der Waals surface area contributed by atoms with E-state index in [0.29, 0.717) is 22.1 Å². The molecule has 17 heavy (non-hydrogen) atoms. The lowest BCUT2D eigenvalue weighted by atomic mass is 10.2. The number of nitriles is 1. The second-order valence-corrected chi connectivity index (χ2v) is 3.90. The van der Waals surface area contributed by atoms with Gasteiger partial charge in [0.1, 0.15) is 5.02 Å². The smallest absolute Gasteiger partial charge is 0.224 e. The van der Waals surface area contributed by atoms with Crippen LogP contribution in [0.5, 0.6) is 0 Å². The van der Waals surface area contributed by atoms with Crippen molar-refractivity contribution >= 4 is 34.7 Å². The minimum atomic E-state index is 0.105. The topological polar surface area (TPSA) is 61.6 Å². The van der Waals surface area contributed by atoms with Gasteiger partial charge in [0.2, 0.25) is 5.28 Å². The normalized spacial score (nSPS) is 9.71. The van der Waals surface area contributed by atoms with Gasteiger partial charge in [-0.15, -0.1) is 0 Å². The summed E-state index contributed by atoms with van der Waals surface area (Å²) in [6.07, 6.45) is 1.41. The van der Waals surface area contributed by atoms with Crippen LogP contribution in [0.15, 0.2) is 30.5 Å². The SMILES string of the molecule is N#Cc1cccc(Nc2nc(Cl)ncc2Cl)c1. The Balaban J connectivity index is 2.31. The van der Waals surface area contributed by atoms with E-state index in [0.717, 1.165) is 0 Å². The van der Waals surface area contributed by atoms with Crippen LogP contribution in [0.4, 0.5) is 11.5 Å². The molecule has 4 nitrogen and oxygen atoms in total. The number of anilines is 2. The summed E-state index contributed by atoms with van der Waals surface area (Å²) in [5, 5.41) is 12.2. The highest BCUT2D eigenvalue weighted by Gasteiger charge is 2.04. The van der Waals surface area contributed by atoms with E-state index in [4.69, 9.17) is 28.5 Å². The first-order valence-corrected chi connectivity index (χ1v) is 5.40. The Hall–Kier alpha value is -1.83. The third-order valence-electron chi connectivity index (χ3n) is 1.97. The van der Waals surface area contributed by atoms with Crippen molar-refractivity contribution in [2.45, 2.75) is 0 Å². The van der Waals surface area contributed by atoms with Gasteiger partial charge in [0.15, 0.2) is 5.82 Å². The van der Waals surface area contributed by atoms with Crippen molar-refractivity contribution in [3.63, 3.8) is 0 Å². The Morgan fingerprint density at radius 1 is 1.29 bits per heavy atom. The van der Waals surface area contributed by atoms with Gasteiger partial charge in [-0.3, -0.25) is 0 Å². The number of halogens is 2. The van der Waals surface area contributed by atoms with Crippen LogP contribution < -0.4 is 5.32 Å². The summed E-state index contributed by atoms with van der Waals surface area (Å²) in [5.41, 5.74) is 1.26. The minimum Gasteiger partial charge on any atom is -0.339 e. The van der Waals surface area contributed by atoms with E-state index in [1.165, 1.54) is 6.20 Å². The zero-order valence-corrected chi connectivity index (χ0v) is 10.00. The van der Waals surface area contributed by atoms with E-state index in [-0.39, 0.29) is 5.28 Å². The molecule has 84 valence electrons. The van der Waals surface area contributed by atoms with Crippen LogP contribution in [-0.4, -0.2) is 9.97 Å². The highest BCUT2D eigenvalue weighted by atomic mass is 35.5. The maximum absolute atomic E-state index is 8.78. The molecule has 0 saturated carbocycles. The van der Waals surface area contributed by atoms with Crippen molar-refractivity contribution < 1.29 is 0 Å². The largest absolute Gasteiger partial charge is 0.339 e. The fourth-order valence-electron chi connectivity index (χ4n) is 1.24. The average molecular weight is 265 g/mol. The Morgan fingerprint density at radius 2 is 2.12 bits per heavy atom. The van der Waals surface area contributed by atoms with Crippen molar-refractivity contribution in [2.75, 3.05) is 5.32 Å². The maximum Gasteiger partial charge on any atom is 0.224 e. The molecular formula is C11H6Cl2N4. The van der Waals surface area contributed by atoms with Crippen molar-refractivity contribution in [1.82, 2.24) is 9.97 Å². The van der Waals surface area contributed by atoms with Crippen LogP contribution in [0.25, 0.3) is 0 Å². The van der Waals surface area contributed by atoms with E-state index in [2.05, 4.69) is 15.3 Å². The Labute approximate surface area is 108 Å². The van der Waals surface area contributed by atoms with Crippen LogP contribution >= 0.6 is 23.2 Å². The third-order valence-corrected chi connectivity index (χ3v) is 2.43. The molecular weight excluding hydrogens is 259 g/mol. The maximum atomic E-state index is 8.78. The molecule has 0 saturated heterocycles. The molecule has 0 aliphatic rings. The van der Waals surface area contributed by atoms with Crippen LogP contribution in [0.1, 0.15) is 5.56 Å². The Morgan fingerprint density at radius 3 is 2.88 bits per heavy atom. The van der Waals surface area contributed by atoms with Crippen molar-refractivity contribution in [2.24, 2.45) is 0 Å². The van der Waals surface area contributed by atoms with E-state index in [1.54, 1.807) is 24.3 Å². The molecule has 0 bridgehead atoms. The summed E-state index contributed by atoms with van der Waals surface area (Å²) >= 11 is 11.6. The second-order valence-electron chi connectivity index (χ2n) is 3.15. The van der Waals surface area contributed by atoms with E-state index in [1.807, 2.05) is 6.07 Å². The lowest BCUT2D eigenvalue weighted by Gasteiger charge is -2.07. The molecule has 1 aromatic carbocycles. The average Bonchev–Trinajstić information content (AvgIpc) is 2.34. The molecule has 1 aromatic heterocycles. The van der Waals surface area contributed by atoms with Crippen molar-refractivity contribution in [3.8, 4) is 6.07 Å². The second kappa shape index (κ2) is 5.00. The first-order valence-electron chi connectivity index (χ1n) is 4.64. The molecule has 1 heterocycles. The van der Waals surface area contributed by atoms with Crippen LogP contribution in [0, 0.1) is 11.3 Å². The van der Waals surface area contributed by atoms with Gasteiger partial charge >= 0.3 is 0 Å². The van der Waals surface area contributed by atoms with E-state index in [9.17, 15) is 0 Å². The van der Waals surface area contributed by atoms with Gasteiger partial charge < -0.3 is 5.32 Å². The summed E-state index contributed by atoms with van der Waals surface area (Å²) in [5.74, 6) is 0.404. The minimum absolute atomic E-state index is 0.105. The standard InChI is InChI=1S/C11H6Cl2N4/c12-9-6-15-11(13)17-10(9)16-8-3-1-2-7(4-8)5-14/h1-4,6H,(H,15,16,17). The molecule has 0 fully saturated rings. The molecule has 0 unspecified atom stereocenters. The monoisotopic (exact) mass is 264 g/mol. The highest BCUT2D eigenvalue weighted by molar-refractivity contribution is 6.33. The van der Waals surface area contributed by atoms with Crippen LogP contribution in [0.3, 0.4) is 0 Å².